The first-order chi connectivity index (χ1) is 22.5. The van der Waals surface area contributed by atoms with Crippen LogP contribution in [0.15, 0.2) is 78.9 Å². The largest absolute Gasteiger partial charge is 0.392 e. The third-order valence-corrected chi connectivity index (χ3v) is 8.69. The predicted molar refractivity (Wildman–Crippen MR) is 175 cm³/mol. The molecule has 2 saturated heterocycles. The molecule has 3 aromatic rings. The van der Waals surface area contributed by atoms with E-state index in [4.69, 9.17) is 14.7 Å². The molecule has 2 heterocycles. The number of carbonyl (C=O) groups excluding carboxylic acids is 2. The van der Waals surface area contributed by atoms with Gasteiger partial charge in [-0.2, -0.15) is 0 Å². The van der Waals surface area contributed by atoms with E-state index >= 15 is 0 Å². The number of piperazine rings is 1. The molecular formula is C36H46N4O6. The summed E-state index contributed by atoms with van der Waals surface area (Å²) < 4.78 is 13.1. The molecule has 4 N–H and O–H groups in total. The summed E-state index contributed by atoms with van der Waals surface area (Å²) in [7, 11) is 0. The van der Waals surface area contributed by atoms with Crippen LogP contribution in [0.2, 0.25) is 0 Å². The average molecular weight is 631 g/mol. The van der Waals surface area contributed by atoms with Gasteiger partial charge in [0.05, 0.1) is 18.8 Å². The number of hydroxylamine groups is 1. The third-order valence-electron chi connectivity index (χ3n) is 8.69. The van der Waals surface area contributed by atoms with Crippen molar-refractivity contribution < 1.29 is 29.4 Å². The molecule has 0 bridgehead atoms. The van der Waals surface area contributed by atoms with Gasteiger partial charge in [0.1, 0.15) is 0 Å². The summed E-state index contributed by atoms with van der Waals surface area (Å²) in [5.74, 6) is -0.495. The highest BCUT2D eigenvalue weighted by molar-refractivity contribution is 5.90. The highest BCUT2D eigenvalue weighted by atomic mass is 16.7. The Labute approximate surface area is 271 Å². The first kappa shape index (κ1) is 33.7. The lowest BCUT2D eigenvalue weighted by molar-refractivity contribution is -0.253. The lowest BCUT2D eigenvalue weighted by Gasteiger charge is -2.40. The van der Waals surface area contributed by atoms with Gasteiger partial charge in [-0.25, -0.2) is 5.48 Å². The summed E-state index contributed by atoms with van der Waals surface area (Å²) in [5.41, 5.74) is 6.47. The van der Waals surface area contributed by atoms with Crippen molar-refractivity contribution in [1.82, 2.24) is 15.3 Å². The molecule has 2 amide bonds. The zero-order valence-electron chi connectivity index (χ0n) is 26.4. The minimum absolute atomic E-state index is 0.00263. The summed E-state index contributed by atoms with van der Waals surface area (Å²) >= 11 is 0. The molecule has 0 saturated carbocycles. The second kappa shape index (κ2) is 17.3. The molecule has 0 aromatic heterocycles. The van der Waals surface area contributed by atoms with E-state index in [-0.39, 0.29) is 31.1 Å². The van der Waals surface area contributed by atoms with Crippen LogP contribution < -0.4 is 10.8 Å². The number of ether oxygens (including phenoxy) is 2. The smallest absolute Gasteiger partial charge is 0.243 e. The van der Waals surface area contributed by atoms with Gasteiger partial charge in [-0.15, -0.1) is 0 Å². The van der Waals surface area contributed by atoms with Crippen molar-refractivity contribution in [3.05, 3.63) is 101 Å². The number of unbranched alkanes of at least 4 members (excludes halogenated alkanes) is 2. The first-order valence-corrected chi connectivity index (χ1v) is 16.3. The molecule has 5 rings (SSSR count). The van der Waals surface area contributed by atoms with Crippen LogP contribution in [-0.4, -0.2) is 70.8 Å². The molecule has 2 aliphatic rings. The number of hydrogen-bond donors (Lipinski definition) is 4. The highest BCUT2D eigenvalue weighted by Gasteiger charge is 2.33. The average Bonchev–Trinajstić information content (AvgIpc) is 3.09. The number of anilines is 1. The lowest BCUT2D eigenvalue weighted by atomic mass is 9.99. The fourth-order valence-electron chi connectivity index (χ4n) is 6.04. The van der Waals surface area contributed by atoms with Crippen LogP contribution in [-0.2, 0) is 32.2 Å². The minimum atomic E-state index is -0.554. The number of amides is 2. The van der Waals surface area contributed by atoms with Crippen LogP contribution >= 0.6 is 0 Å². The summed E-state index contributed by atoms with van der Waals surface area (Å²) in [6.45, 7) is 5.80. The number of aliphatic hydroxyl groups is 1. The molecule has 3 atom stereocenters. The maximum Gasteiger partial charge on any atom is 0.243 e. The number of nitrogens with zero attached hydrogens (tertiary/aromatic N) is 2. The Morgan fingerprint density at radius 3 is 2.07 bits per heavy atom. The zero-order valence-corrected chi connectivity index (χ0v) is 26.4. The van der Waals surface area contributed by atoms with E-state index in [1.54, 1.807) is 5.48 Å². The molecule has 0 spiro atoms. The van der Waals surface area contributed by atoms with Crippen molar-refractivity contribution in [3.8, 4) is 0 Å². The van der Waals surface area contributed by atoms with Crippen molar-refractivity contribution in [3.63, 3.8) is 0 Å². The van der Waals surface area contributed by atoms with E-state index < -0.39 is 12.2 Å². The van der Waals surface area contributed by atoms with Crippen LogP contribution in [0, 0.1) is 0 Å². The van der Waals surface area contributed by atoms with Gasteiger partial charge >= 0.3 is 0 Å². The van der Waals surface area contributed by atoms with Crippen molar-refractivity contribution in [2.75, 3.05) is 38.0 Å². The van der Waals surface area contributed by atoms with Crippen molar-refractivity contribution in [1.29, 1.82) is 0 Å². The van der Waals surface area contributed by atoms with E-state index in [9.17, 15) is 14.7 Å². The maximum atomic E-state index is 12.4. The van der Waals surface area contributed by atoms with Crippen molar-refractivity contribution in [2.45, 2.75) is 70.2 Å². The van der Waals surface area contributed by atoms with E-state index in [1.165, 1.54) is 5.56 Å². The van der Waals surface area contributed by atoms with Crippen LogP contribution in [0.5, 0.6) is 0 Å². The van der Waals surface area contributed by atoms with E-state index in [2.05, 4.69) is 45.4 Å². The fourth-order valence-corrected chi connectivity index (χ4v) is 6.04. The van der Waals surface area contributed by atoms with Gasteiger partial charge in [0.2, 0.25) is 11.8 Å². The summed E-state index contributed by atoms with van der Waals surface area (Å²) in [5, 5.41) is 21.0. The van der Waals surface area contributed by atoms with Crippen molar-refractivity contribution >= 4 is 17.5 Å². The highest BCUT2D eigenvalue weighted by Crippen LogP contribution is 2.38. The van der Waals surface area contributed by atoms with Crippen molar-refractivity contribution in [2.24, 2.45) is 0 Å². The van der Waals surface area contributed by atoms with E-state index in [0.717, 1.165) is 68.8 Å². The van der Waals surface area contributed by atoms with Crippen LogP contribution in [0.1, 0.15) is 73.2 Å². The molecule has 10 nitrogen and oxygen atoms in total. The van der Waals surface area contributed by atoms with Gasteiger partial charge in [0.25, 0.3) is 0 Å². The van der Waals surface area contributed by atoms with Gasteiger partial charge in [0, 0.05) is 69.8 Å². The normalized spacial score (nSPS) is 20.7. The second-order valence-electron chi connectivity index (χ2n) is 12.2. The molecule has 0 aliphatic carbocycles. The SMILES string of the molecule is O=C(CCCCCC(=O)Nc1ccc([C@@H]2O[C@H](CN3CCN(Cc4ccccc4)CC3)C[C@H](c3ccc(CO)cc3)O2)cc1)NO. The maximum absolute atomic E-state index is 12.4. The summed E-state index contributed by atoms with van der Waals surface area (Å²) in [6, 6.07) is 26.1. The van der Waals surface area contributed by atoms with Gasteiger partial charge in [-0.1, -0.05) is 73.2 Å². The monoisotopic (exact) mass is 630 g/mol. The Morgan fingerprint density at radius 1 is 0.739 bits per heavy atom. The van der Waals surface area contributed by atoms with Gasteiger partial charge in [-0.3, -0.25) is 24.6 Å². The number of aliphatic hydroxyl groups excluding tert-OH is 1. The first-order valence-electron chi connectivity index (χ1n) is 16.3. The van der Waals surface area contributed by atoms with Crippen LogP contribution in [0.4, 0.5) is 5.69 Å². The molecule has 246 valence electrons. The minimum Gasteiger partial charge on any atom is -0.392 e. The molecule has 46 heavy (non-hydrogen) atoms. The van der Waals surface area contributed by atoms with E-state index in [1.807, 2.05) is 48.5 Å². The number of benzene rings is 3. The van der Waals surface area contributed by atoms with Crippen LogP contribution in [0.3, 0.4) is 0 Å². The molecule has 2 aliphatic heterocycles. The Morgan fingerprint density at radius 2 is 1.39 bits per heavy atom. The topological polar surface area (TPSA) is 124 Å². The Bertz CT molecular complexity index is 1360. The Balaban J connectivity index is 1.17. The quantitative estimate of drug-likeness (QED) is 0.112. The number of hydrogen-bond acceptors (Lipinski definition) is 8. The Hall–Kier alpha value is -3.64. The lowest BCUT2D eigenvalue weighted by Crippen LogP contribution is -2.49. The predicted octanol–water partition coefficient (Wildman–Crippen LogP) is 4.94. The van der Waals surface area contributed by atoms with Gasteiger partial charge in [-0.05, 0) is 41.7 Å². The molecule has 3 aromatic carbocycles. The standard InChI is InChI=1S/C36H46N4O6/c41-26-28-11-13-29(14-12-28)33-23-32(25-40-21-19-39(20-22-40)24-27-7-3-1-4-8-27)45-36(46-33)30-15-17-31(18-16-30)37-34(42)9-5-2-6-10-35(43)38-44/h1,3-4,7-8,11-18,32-33,36,41,44H,2,5-6,9-10,19-26H2,(H,37,42)(H,38,43)/t32-,33+,36+/m0/s1. The molecule has 0 radical (unpaired) electrons. The van der Waals surface area contributed by atoms with E-state index in [0.29, 0.717) is 24.9 Å². The molecule has 0 unspecified atom stereocenters. The Kier molecular flexibility index (Phi) is 12.7. The molecule has 2 fully saturated rings. The number of rotatable bonds is 14. The van der Waals surface area contributed by atoms with Crippen LogP contribution in [0.25, 0.3) is 0 Å². The summed E-state index contributed by atoms with van der Waals surface area (Å²) in [4.78, 5) is 28.5. The number of carbonyl (C=O) groups is 2. The zero-order chi connectivity index (χ0) is 32.1. The second-order valence-corrected chi connectivity index (χ2v) is 12.2. The van der Waals surface area contributed by atoms with Gasteiger partial charge in [0.15, 0.2) is 6.29 Å². The summed E-state index contributed by atoms with van der Waals surface area (Å²) in [6.07, 6.45) is 2.61. The fraction of sp³-hybridized carbons (Fsp3) is 0.444. The third kappa shape index (κ3) is 10.2. The molecular weight excluding hydrogens is 584 g/mol. The van der Waals surface area contributed by atoms with Gasteiger partial charge < -0.3 is 19.9 Å². The molecule has 10 heteroatoms. The number of nitrogens with one attached hydrogen (secondary N) is 2.